The van der Waals surface area contributed by atoms with Gasteiger partial charge >= 0.3 is 11.9 Å². The van der Waals surface area contributed by atoms with E-state index in [1.165, 1.54) is 32.0 Å². The molecule has 0 saturated heterocycles. The maximum atomic E-state index is 12.0. The van der Waals surface area contributed by atoms with E-state index in [1.54, 1.807) is 19.0 Å². The average molecular weight is 279 g/mol. The number of Topliss-reactive ketones (excluding diaryl/α,β-unsaturated/α-hetero) is 1. The van der Waals surface area contributed by atoms with Crippen molar-refractivity contribution in [3.05, 3.63) is 23.8 Å². The zero-order valence-electron chi connectivity index (χ0n) is 11.9. The third kappa shape index (κ3) is 5.19. The molecule has 0 radical (unpaired) electrons. The molecule has 1 aromatic rings. The molecule has 1 aromatic carbocycles. The lowest BCUT2D eigenvalue weighted by Crippen LogP contribution is -2.21. The molecule has 0 amide bonds. The van der Waals surface area contributed by atoms with Crippen LogP contribution in [-0.2, 0) is 9.59 Å². The van der Waals surface area contributed by atoms with Crippen molar-refractivity contribution in [1.29, 1.82) is 0 Å². The fourth-order valence-electron chi connectivity index (χ4n) is 1.56. The Hall–Kier alpha value is -2.21. The summed E-state index contributed by atoms with van der Waals surface area (Å²) in [7, 11) is 3.53. The predicted octanol–water partition coefficient (Wildman–Crippen LogP) is 1.28. The summed E-state index contributed by atoms with van der Waals surface area (Å²) in [4.78, 5) is 35.7. The standard InChI is InChI=1S/C14H17NO5/c1-9(16)19-12-5-11(14(18)8-15(3)4)6-13(7-12)20-10(2)17/h5-7H,8H2,1-4H3. The Balaban J connectivity index is 3.11. The van der Waals surface area contributed by atoms with E-state index in [-0.39, 0.29) is 23.8 Å². The first kappa shape index (κ1) is 15.8. The maximum Gasteiger partial charge on any atom is 0.308 e. The quantitative estimate of drug-likeness (QED) is 0.459. The highest BCUT2D eigenvalue weighted by Gasteiger charge is 2.13. The van der Waals surface area contributed by atoms with E-state index >= 15 is 0 Å². The van der Waals surface area contributed by atoms with Crippen LogP contribution in [-0.4, -0.2) is 43.3 Å². The monoisotopic (exact) mass is 279 g/mol. The van der Waals surface area contributed by atoms with Crippen LogP contribution in [0.5, 0.6) is 11.5 Å². The third-order valence-corrected chi connectivity index (χ3v) is 2.19. The van der Waals surface area contributed by atoms with E-state index in [0.717, 1.165) is 0 Å². The SMILES string of the molecule is CC(=O)Oc1cc(OC(C)=O)cc(C(=O)CN(C)C)c1. The van der Waals surface area contributed by atoms with Gasteiger partial charge < -0.3 is 14.4 Å². The molecule has 0 spiro atoms. The molecule has 0 aromatic heterocycles. The van der Waals surface area contributed by atoms with Crippen LogP contribution < -0.4 is 9.47 Å². The normalized spacial score (nSPS) is 10.2. The van der Waals surface area contributed by atoms with Crippen LogP contribution >= 0.6 is 0 Å². The van der Waals surface area contributed by atoms with Crippen LogP contribution in [0.15, 0.2) is 18.2 Å². The first-order chi connectivity index (χ1) is 9.27. The molecule has 1 rings (SSSR count). The fourth-order valence-corrected chi connectivity index (χ4v) is 1.56. The Bertz CT molecular complexity index is 502. The molecule has 0 fully saturated rings. The van der Waals surface area contributed by atoms with Crippen molar-refractivity contribution >= 4 is 17.7 Å². The number of carbonyl (C=O) groups is 3. The predicted molar refractivity (Wildman–Crippen MR) is 71.9 cm³/mol. The number of ether oxygens (including phenoxy) is 2. The summed E-state index contributed by atoms with van der Waals surface area (Å²) in [5.74, 6) is -0.874. The molecule has 0 saturated carbocycles. The van der Waals surface area contributed by atoms with Gasteiger partial charge in [0.25, 0.3) is 0 Å². The van der Waals surface area contributed by atoms with Crippen molar-refractivity contribution < 1.29 is 23.9 Å². The van der Waals surface area contributed by atoms with Crippen molar-refractivity contribution in [2.75, 3.05) is 20.6 Å². The minimum absolute atomic E-state index is 0.165. The van der Waals surface area contributed by atoms with Crippen molar-refractivity contribution in [2.45, 2.75) is 13.8 Å². The molecule has 0 aliphatic heterocycles. The first-order valence-electron chi connectivity index (χ1n) is 5.98. The Morgan fingerprint density at radius 2 is 1.40 bits per heavy atom. The Kier molecular flexibility index (Phi) is 5.40. The third-order valence-electron chi connectivity index (χ3n) is 2.19. The number of carbonyl (C=O) groups excluding carboxylic acids is 3. The van der Waals surface area contributed by atoms with Gasteiger partial charge in [0.05, 0.1) is 6.54 Å². The molecule has 6 heteroatoms. The van der Waals surface area contributed by atoms with Crippen molar-refractivity contribution in [1.82, 2.24) is 4.90 Å². The molecule has 0 bridgehead atoms. The largest absolute Gasteiger partial charge is 0.427 e. The van der Waals surface area contributed by atoms with Crippen LogP contribution in [0.1, 0.15) is 24.2 Å². The highest BCUT2D eigenvalue weighted by Crippen LogP contribution is 2.24. The second-order valence-corrected chi connectivity index (χ2v) is 4.54. The zero-order valence-corrected chi connectivity index (χ0v) is 11.9. The molecular formula is C14H17NO5. The van der Waals surface area contributed by atoms with Crippen LogP contribution in [0.25, 0.3) is 0 Å². The molecule has 0 atom stereocenters. The average Bonchev–Trinajstić information content (AvgIpc) is 2.25. The zero-order chi connectivity index (χ0) is 15.3. The smallest absolute Gasteiger partial charge is 0.308 e. The summed E-state index contributed by atoms with van der Waals surface area (Å²) < 4.78 is 9.87. The van der Waals surface area contributed by atoms with Crippen LogP contribution in [0.2, 0.25) is 0 Å². The number of nitrogens with zero attached hydrogens (tertiary/aromatic N) is 1. The number of hydrogen-bond acceptors (Lipinski definition) is 6. The summed E-state index contributed by atoms with van der Waals surface area (Å²) >= 11 is 0. The minimum atomic E-state index is -0.518. The second kappa shape index (κ2) is 6.81. The van der Waals surface area contributed by atoms with Gasteiger partial charge in [-0.2, -0.15) is 0 Å². The molecule has 20 heavy (non-hydrogen) atoms. The van der Waals surface area contributed by atoms with Gasteiger partial charge in [-0.3, -0.25) is 14.4 Å². The summed E-state index contributed by atoms with van der Waals surface area (Å²) in [6, 6.07) is 4.27. The van der Waals surface area contributed by atoms with Gasteiger partial charge in [-0.25, -0.2) is 0 Å². The van der Waals surface area contributed by atoms with Crippen molar-refractivity contribution in [2.24, 2.45) is 0 Å². The second-order valence-electron chi connectivity index (χ2n) is 4.54. The van der Waals surface area contributed by atoms with Gasteiger partial charge in [0.2, 0.25) is 0 Å². The summed E-state index contributed by atoms with van der Waals surface area (Å²) in [6.07, 6.45) is 0. The van der Waals surface area contributed by atoms with E-state index < -0.39 is 11.9 Å². The van der Waals surface area contributed by atoms with E-state index in [9.17, 15) is 14.4 Å². The van der Waals surface area contributed by atoms with E-state index in [0.29, 0.717) is 5.56 Å². The highest BCUT2D eigenvalue weighted by atomic mass is 16.5. The fraction of sp³-hybridized carbons (Fsp3) is 0.357. The Labute approximate surface area is 117 Å². The molecule has 0 unspecified atom stereocenters. The summed E-state index contributed by atoms with van der Waals surface area (Å²) in [6.45, 7) is 2.70. The van der Waals surface area contributed by atoms with E-state index in [2.05, 4.69) is 0 Å². The van der Waals surface area contributed by atoms with Crippen molar-refractivity contribution in [3.63, 3.8) is 0 Å². The van der Waals surface area contributed by atoms with Gasteiger partial charge in [0.15, 0.2) is 5.78 Å². The first-order valence-corrected chi connectivity index (χ1v) is 5.98. The summed E-state index contributed by atoms with van der Waals surface area (Å²) in [5, 5.41) is 0. The van der Waals surface area contributed by atoms with E-state index in [1.807, 2.05) is 0 Å². The van der Waals surface area contributed by atoms with Gasteiger partial charge in [0, 0.05) is 25.5 Å². The molecule has 0 heterocycles. The number of rotatable bonds is 5. The highest BCUT2D eigenvalue weighted by molar-refractivity contribution is 5.98. The summed E-state index contributed by atoms with van der Waals surface area (Å²) in [5.41, 5.74) is 0.314. The topological polar surface area (TPSA) is 72.9 Å². The Morgan fingerprint density at radius 3 is 1.75 bits per heavy atom. The molecule has 0 aliphatic rings. The molecule has 0 aliphatic carbocycles. The number of likely N-dealkylation sites (N-methyl/N-ethyl adjacent to an activating group) is 1. The van der Waals surface area contributed by atoms with Gasteiger partial charge in [-0.1, -0.05) is 0 Å². The van der Waals surface area contributed by atoms with Crippen molar-refractivity contribution in [3.8, 4) is 11.5 Å². The van der Waals surface area contributed by atoms with Gasteiger partial charge in [0.1, 0.15) is 11.5 Å². The lowest BCUT2D eigenvalue weighted by Gasteiger charge is -2.11. The number of esters is 2. The van der Waals surface area contributed by atoms with Gasteiger partial charge in [-0.15, -0.1) is 0 Å². The lowest BCUT2D eigenvalue weighted by molar-refractivity contribution is -0.132. The molecule has 108 valence electrons. The Morgan fingerprint density at radius 1 is 0.950 bits per heavy atom. The van der Waals surface area contributed by atoms with Crippen LogP contribution in [0.4, 0.5) is 0 Å². The molecule has 0 N–H and O–H groups in total. The van der Waals surface area contributed by atoms with Gasteiger partial charge in [-0.05, 0) is 26.2 Å². The maximum absolute atomic E-state index is 12.0. The van der Waals surface area contributed by atoms with Crippen LogP contribution in [0, 0.1) is 0 Å². The van der Waals surface area contributed by atoms with E-state index in [4.69, 9.17) is 9.47 Å². The lowest BCUT2D eigenvalue weighted by atomic mass is 10.1. The number of ketones is 1. The number of hydrogen-bond donors (Lipinski definition) is 0. The minimum Gasteiger partial charge on any atom is -0.427 e. The molecular weight excluding hydrogens is 262 g/mol. The van der Waals surface area contributed by atoms with Crippen LogP contribution in [0.3, 0.4) is 0 Å². The molecule has 6 nitrogen and oxygen atoms in total. The number of benzene rings is 1.